The average molecular weight is 228 g/mol. The molecule has 0 spiro atoms. The summed E-state index contributed by atoms with van der Waals surface area (Å²) in [4.78, 5) is 19.7. The fourth-order valence-electron chi connectivity index (χ4n) is 1.44. The van der Waals surface area contributed by atoms with Gasteiger partial charge in [0.2, 0.25) is 0 Å². The van der Waals surface area contributed by atoms with Crippen molar-refractivity contribution in [3.63, 3.8) is 0 Å². The molecule has 4 heteroatoms. The number of rotatable bonds is 3. The summed E-state index contributed by atoms with van der Waals surface area (Å²) in [5.41, 5.74) is 1.98. The third-order valence-corrected chi connectivity index (χ3v) is 2.21. The lowest BCUT2D eigenvalue weighted by atomic mass is 10.2. The third-order valence-electron chi connectivity index (χ3n) is 2.21. The maximum absolute atomic E-state index is 11.5. The summed E-state index contributed by atoms with van der Waals surface area (Å²) in [5.74, 6) is -0.400. The van der Waals surface area contributed by atoms with Crippen molar-refractivity contribution in [2.75, 3.05) is 6.61 Å². The molecule has 0 saturated carbocycles. The van der Waals surface area contributed by atoms with E-state index in [-0.39, 0.29) is 0 Å². The molecule has 0 fully saturated rings. The van der Waals surface area contributed by atoms with Crippen LogP contribution in [-0.4, -0.2) is 22.5 Å². The lowest BCUT2D eigenvalue weighted by molar-refractivity contribution is 0.0519. The second kappa shape index (κ2) is 5.21. The maximum atomic E-state index is 11.5. The molecule has 0 aliphatic rings. The van der Waals surface area contributed by atoms with Gasteiger partial charge in [0.25, 0.3) is 0 Å². The van der Waals surface area contributed by atoms with E-state index in [0.717, 1.165) is 11.3 Å². The second-order valence-corrected chi connectivity index (χ2v) is 3.36. The zero-order valence-electron chi connectivity index (χ0n) is 9.46. The van der Waals surface area contributed by atoms with Gasteiger partial charge in [-0.25, -0.2) is 9.78 Å². The van der Waals surface area contributed by atoms with E-state index in [1.165, 1.54) is 0 Å². The summed E-state index contributed by atoms with van der Waals surface area (Å²) in [5, 5.41) is 0. The number of nitrogens with zero attached hydrogens (tertiary/aromatic N) is 2. The Morgan fingerprint density at radius 2 is 2.00 bits per heavy atom. The van der Waals surface area contributed by atoms with Gasteiger partial charge in [0.05, 0.1) is 12.3 Å². The van der Waals surface area contributed by atoms with Gasteiger partial charge < -0.3 is 4.74 Å². The van der Waals surface area contributed by atoms with Crippen LogP contribution in [0.3, 0.4) is 0 Å². The van der Waals surface area contributed by atoms with Gasteiger partial charge in [-0.3, -0.25) is 4.98 Å². The molecule has 0 aliphatic carbocycles. The van der Waals surface area contributed by atoms with Crippen LogP contribution in [0.4, 0.5) is 0 Å². The number of aromatic nitrogens is 2. The quantitative estimate of drug-likeness (QED) is 0.756. The number of esters is 1. The van der Waals surface area contributed by atoms with E-state index < -0.39 is 5.97 Å². The van der Waals surface area contributed by atoms with Crippen LogP contribution in [0.15, 0.2) is 42.7 Å². The summed E-state index contributed by atoms with van der Waals surface area (Å²) in [6.45, 7) is 2.12. The SMILES string of the molecule is CCOC(=O)c1cccc(-c2ccncc2)n1. The normalized spacial score (nSPS) is 9.94. The monoisotopic (exact) mass is 228 g/mol. The van der Waals surface area contributed by atoms with Crippen molar-refractivity contribution in [1.82, 2.24) is 9.97 Å². The van der Waals surface area contributed by atoms with Crippen molar-refractivity contribution in [3.8, 4) is 11.3 Å². The first kappa shape index (κ1) is 11.3. The predicted octanol–water partition coefficient (Wildman–Crippen LogP) is 2.32. The van der Waals surface area contributed by atoms with Crippen LogP contribution >= 0.6 is 0 Å². The fraction of sp³-hybridized carbons (Fsp3) is 0.154. The molecule has 0 bridgehead atoms. The average Bonchev–Trinajstić information content (AvgIpc) is 2.40. The van der Waals surface area contributed by atoms with Crippen LogP contribution in [0.2, 0.25) is 0 Å². The number of ether oxygens (including phenoxy) is 1. The first-order chi connectivity index (χ1) is 8.31. The Labute approximate surface area is 99.3 Å². The topological polar surface area (TPSA) is 52.1 Å². The van der Waals surface area contributed by atoms with Gasteiger partial charge >= 0.3 is 5.97 Å². The minimum atomic E-state index is -0.400. The van der Waals surface area contributed by atoms with Crippen molar-refractivity contribution in [3.05, 3.63) is 48.4 Å². The van der Waals surface area contributed by atoms with Gasteiger partial charge in [-0.2, -0.15) is 0 Å². The Bertz CT molecular complexity index is 512. The van der Waals surface area contributed by atoms with E-state index in [9.17, 15) is 4.79 Å². The summed E-state index contributed by atoms with van der Waals surface area (Å²) in [6, 6.07) is 8.96. The molecule has 0 saturated heterocycles. The maximum Gasteiger partial charge on any atom is 0.356 e. The van der Waals surface area contributed by atoms with E-state index in [1.54, 1.807) is 31.5 Å². The van der Waals surface area contributed by atoms with E-state index in [4.69, 9.17) is 4.74 Å². The largest absolute Gasteiger partial charge is 0.461 e. The molecule has 0 unspecified atom stereocenters. The highest BCUT2D eigenvalue weighted by atomic mass is 16.5. The highest BCUT2D eigenvalue weighted by molar-refractivity contribution is 5.87. The Balaban J connectivity index is 2.32. The highest BCUT2D eigenvalue weighted by Gasteiger charge is 2.09. The van der Waals surface area contributed by atoms with Crippen molar-refractivity contribution in [2.45, 2.75) is 6.92 Å². The molecule has 17 heavy (non-hydrogen) atoms. The molecular formula is C13H12N2O2. The first-order valence-electron chi connectivity index (χ1n) is 5.36. The van der Waals surface area contributed by atoms with Gasteiger partial charge in [-0.1, -0.05) is 6.07 Å². The Kier molecular flexibility index (Phi) is 3.45. The molecule has 0 amide bonds. The number of hydrogen-bond donors (Lipinski definition) is 0. The predicted molar refractivity (Wildman–Crippen MR) is 63.4 cm³/mol. The summed E-state index contributed by atoms with van der Waals surface area (Å²) < 4.78 is 4.91. The minimum absolute atomic E-state index is 0.321. The van der Waals surface area contributed by atoms with Crippen LogP contribution in [0, 0.1) is 0 Å². The van der Waals surface area contributed by atoms with Crippen LogP contribution in [-0.2, 0) is 4.74 Å². The molecule has 2 aromatic heterocycles. The molecule has 2 aromatic rings. The summed E-state index contributed by atoms with van der Waals surface area (Å²) >= 11 is 0. The van der Waals surface area contributed by atoms with Gasteiger partial charge in [-0.15, -0.1) is 0 Å². The van der Waals surface area contributed by atoms with Gasteiger partial charge in [-0.05, 0) is 31.2 Å². The van der Waals surface area contributed by atoms with Gasteiger partial charge in [0.15, 0.2) is 0 Å². The summed E-state index contributed by atoms with van der Waals surface area (Å²) in [7, 11) is 0. The zero-order valence-corrected chi connectivity index (χ0v) is 9.46. The van der Waals surface area contributed by atoms with Crippen LogP contribution in [0.25, 0.3) is 11.3 Å². The fourth-order valence-corrected chi connectivity index (χ4v) is 1.44. The minimum Gasteiger partial charge on any atom is -0.461 e. The second-order valence-electron chi connectivity index (χ2n) is 3.36. The third kappa shape index (κ3) is 2.66. The lowest BCUT2D eigenvalue weighted by Crippen LogP contribution is -2.07. The molecule has 0 atom stereocenters. The standard InChI is InChI=1S/C13H12N2O2/c1-2-17-13(16)12-5-3-4-11(15-12)10-6-8-14-9-7-10/h3-9H,2H2,1H3. The molecule has 0 radical (unpaired) electrons. The van der Waals surface area contributed by atoms with E-state index in [1.807, 2.05) is 18.2 Å². The van der Waals surface area contributed by atoms with Crippen LogP contribution in [0.1, 0.15) is 17.4 Å². The van der Waals surface area contributed by atoms with E-state index >= 15 is 0 Å². The lowest BCUT2D eigenvalue weighted by Gasteiger charge is -2.04. The first-order valence-corrected chi connectivity index (χ1v) is 5.36. The molecule has 4 nitrogen and oxygen atoms in total. The zero-order chi connectivity index (χ0) is 12.1. The number of hydrogen-bond acceptors (Lipinski definition) is 4. The number of carbonyl (C=O) groups excluding carboxylic acids is 1. The highest BCUT2D eigenvalue weighted by Crippen LogP contribution is 2.15. The van der Waals surface area contributed by atoms with E-state index in [0.29, 0.717) is 12.3 Å². The molecule has 0 N–H and O–H groups in total. The van der Waals surface area contributed by atoms with E-state index in [2.05, 4.69) is 9.97 Å². The van der Waals surface area contributed by atoms with Gasteiger partial charge in [0.1, 0.15) is 5.69 Å². The molecule has 2 rings (SSSR count). The van der Waals surface area contributed by atoms with Crippen molar-refractivity contribution >= 4 is 5.97 Å². The van der Waals surface area contributed by atoms with Gasteiger partial charge in [0, 0.05) is 18.0 Å². The molecular weight excluding hydrogens is 216 g/mol. The van der Waals surface area contributed by atoms with Crippen molar-refractivity contribution in [1.29, 1.82) is 0 Å². The molecule has 0 aliphatic heterocycles. The molecule has 86 valence electrons. The molecule has 0 aromatic carbocycles. The number of pyridine rings is 2. The Morgan fingerprint density at radius 1 is 1.24 bits per heavy atom. The van der Waals surface area contributed by atoms with Crippen LogP contribution in [0.5, 0.6) is 0 Å². The van der Waals surface area contributed by atoms with Crippen molar-refractivity contribution < 1.29 is 9.53 Å². The number of carbonyl (C=O) groups is 1. The Hall–Kier alpha value is -2.23. The van der Waals surface area contributed by atoms with Crippen molar-refractivity contribution in [2.24, 2.45) is 0 Å². The summed E-state index contributed by atoms with van der Waals surface area (Å²) in [6.07, 6.45) is 3.38. The smallest absolute Gasteiger partial charge is 0.356 e. The van der Waals surface area contributed by atoms with Crippen LogP contribution < -0.4 is 0 Å². The Morgan fingerprint density at radius 3 is 2.71 bits per heavy atom. The molecule has 2 heterocycles.